The average molecular weight is 319 g/mol. The molecule has 1 aromatic heterocycles. The van der Waals surface area contributed by atoms with Crippen LogP contribution in [0.3, 0.4) is 0 Å². The molecule has 1 amide bonds. The number of para-hydroxylation sites is 1. The molecule has 5 heteroatoms. The number of carbonyl (C=O) groups excluding carboxylic acids is 1. The Bertz CT molecular complexity index is 863. The second-order valence-electron chi connectivity index (χ2n) is 5.27. The summed E-state index contributed by atoms with van der Waals surface area (Å²) in [7, 11) is 0. The standard InChI is InChI=1S/C19H17N3O2/c20-15-10-11-16(22-18(15)19(21)23)14-8-4-5-9-17(14)24-12-13-6-2-1-3-7-13/h1-11H,12,20H2,(H2,21,23). The van der Waals surface area contributed by atoms with Crippen molar-refractivity contribution in [2.75, 3.05) is 5.73 Å². The van der Waals surface area contributed by atoms with E-state index in [1.54, 1.807) is 12.1 Å². The molecule has 24 heavy (non-hydrogen) atoms. The molecule has 2 aromatic carbocycles. The molecule has 0 radical (unpaired) electrons. The van der Waals surface area contributed by atoms with Crippen molar-refractivity contribution in [2.24, 2.45) is 5.73 Å². The first-order valence-electron chi connectivity index (χ1n) is 7.47. The summed E-state index contributed by atoms with van der Waals surface area (Å²) in [6.07, 6.45) is 0. The molecule has 0 aliphatic heterocycles. The number of rotatable bonds is 5. The third-order valence-corrected chi connectivity index (χ3v) is 3.56. The minimum absolute atomic E-state index is 0.0605. The van der Waals surface area contributed by atoms with Crippen molar-refractivity contribution in [3.05, 3.63) is 78.0 Å². The average Bonchev–Trinajstić information content (AvgIpc) is 2.61. The number of anilines is 1. The molecule has 0 spiro atoms. The van der Waals surface area contributed by atoms with E-state index in [9.17, 15) is 4.79 Å². The van der Waals surface area contributed by atoms with Crippen molar-refractivity contribution < 1.29 is 9.53 Å². The monoisotopic (exact) mass is 319 g/mol. The van der Waals surface area contributed by atoms with Crippen LogP contribution in [0.25, 0.3) is 11.3 Å². The number of nitrogens with zero attached hydrogens (tertiary/aromatic N) is 1. The van der Waals surface area contributed by atoms with Crippen molar-refractivity contribution in [1.29, 1.82) is 0 Å². The highest BCUT2D eigenvalue weighted by atomic mass is 16.5. The second-order valence-corrected chi connectivity index (χ2v) is 5.27. The number of hydrogen-bond acceptors (Lipinski definition) is 4. The molecular weight excluding hydrogens is 302 g/mol. The molecule has 1 heterocycles. The fourth-order valence-electron chi connectivity index (χ4n) is 2.36. The van der Waals surface area contributed by atoms with Crippen LogP contribution in [0.4, 0.5) is 5.69 Å². The Morgan fingerprint density at radius 3 is 2.42 bits per heavy atom. The lowest BCUT2D eigenvalue weighted by Gasteiger charge is -2.12. The van der Waals surface area contributed by atoms with E-state index in [2.05, 4.69) is 4.98 Å². The molecule has 0 saturated heterocycles. The number of nitrogens with two attached hydrogens (primary N) is 2. The molecule has 0 unspecified atom stereocenters. The Morgan fingerprint density at radius 1 is 0.958 bits per heavy atom. The molecule has 0 atom stereocenters. The van der Waals surface area contributed by atoms with Crippen molar-refractivity contribution >= 4 is 11.6 Å². The van der Waals surface area contributed by atoms with Gasteiger partial charge in [0, 0.05) is 5.56 Å². The van der Waals surface area contributed by atoms with Gasteiger partial charge < -0.3 is 16.2 Å². The van der Waals surface area contributed by atoms with E-state index in [-0.39, 0.29) is 11.4 Å². The molecule has 120 valence electrons. The summed E-state index contributed by atoms with van der Waals surface area (Å²) in [5.41, 5.74) is 13.8. The molecule has 0 saturated carbocycles. The van der Waals surface area contributed by atoms with Gasteiger partial charge in [0.25, 0.3) is 5.91 Å². The first kappa shape index (κ1) is 15.6. The number of carbonyl (C=O) groups is 1. The van der Waals surface area contributed by atoms with Crippen LogP contribution in [0.5, 0.6) is 5.75 Å². The van der Waals surface area contributed by atoms with Gasteiger partial charge in [-0.15, -0.1) is 0 Å². The first-order chi connectivity index (χ1) is 11.6. The van der Waals surface area contributed by atoms with Gasteiger partial charge in [0.15, 0.2) is 5.69 Å². The lowest BCUT2D eigenvalue weighted by molar-refractivity contribution is 0.0996. The predicted octanol–water partition coefficient (Wildman–Crippen LogP) is 3.01. The zero-order valence-electron chi connectivity index (χ0n) is 13.0. The SMILES string of the molecule is NC(=O)c1nc(-c2ccccc2OCc2ccccc2)ccc1N. The number of amides is 1. The van der Waals surface area contributed by atoms with Gasteiger partial charge >= 0.3 is 0 Å². The van der Waals surface area contributed by atoms with Crippen LogP contribution in [0.1, 0.15) is 16.1 Å². The summed E-state index contributed by atoms with van der Waals surface area (Å²) in [5, 5.41) is 0. The summed E-state index contributed by atoms with van der Waals surface area (Å²) >= 11 is 0. The van der Waals surface area contributed by atoms with E-state index in [1.165, 1.54) is 0 Å². The van der Waals surface area contributed by atoms with Gasteiger partial charge in [0.1, 0.15) is 12.4 Å². The predicted molar refractivity (Wildman–Crippen MR) is 93.4 cm³/mol. The maximum Gasteiger partial charge on any atom is 0.269 e. The van der Waals surface area contributed by atoms with Gasteiger partial charge in [-0.1, -0.05) is 42.5 Å². The van der Waals surface area contributed by atoms with Gasteiger partial charge in [0.2, 0.25) is 0 Å². The van der Waals surface area contributed by atoms with Crippen LogP contribution < -0.4 is 16.2 Å². The van der Waals surface area contributed by atoms with E-state index in [0.29, 0.717) is 18.1 Å². The van der Waals surface area contributed by atoms with Crippen LogP contribution in [0.15, 0.2) is 66.7 Å². The Kier molecular flexibility index (Phi) is 4.43. The van der Waals surface area contributed by atoms with Crippen LogP contribution >= 0.6 is 0 Å². The number of aromatic nitrogens is 1. The van der Waals surface area contributed by atoms with Crippen LogP contribution in [0, 0.1) is 0 Å². The summed E-state index contributed by atoms with van der Waals surface area (Å²) in [6, 6.07) is 20.7. The van der Waals surface area contributed by atoms with Crippen LogP contribution in [0.2, 0.25) is 0 Å². The van der Waals surface area contributed by atoms with E-state index >= 15 is 0 Å². The Morgan fingerprint density at radius 2 is 1.67 bits per heavy atom. The minimum atomic E-state index is -0.656. The fourth-order valence-corrected chi connectivity index (χ4v) is 2.36. The van der Waals surface area contributed by atoms with Crippen LogP contribution in [-0.4, -0.2) is 10.9 Å². The highest BCUT2D eigenvalue weighted by Crippen LogP contribution is 2.30. The van der Waals surface area contributed by atoms with Crippen LogP contribution in [-0.2, 0) is 6.61 Å². The Balaban J connectivity index is 1.92. The van der Waals surface area contributed by atoms with Gasteiger partial charge in [-0.2, -0.15) is 0 Å². The Hall–Kier alpha value is -3.34. The van der Waals surface area contributed by atoms with Crippen molar-refractivity contribution in [1.82, 2.24) is 4.98 Å². The number of primary amides is 1. The molecular formula is C19H17N3O2. The van der Waals surface area contributed by atoms with Gasteiger partial charge in [-0.25, -0.2) is 4.98 Å². The third kappa shape index (κ3) is 3.35. The van der Waals surface area contributed by atoms with Gasteiger partial charge in [-0.3, -0.25) is 4.79 Å². The number of hydrogen-bond donors (Lipinski definition) is 2. The Labute approximate surface area is 139 Å². The van der Waals surface area contributed by atoms with E-state index in [0.717, 1.165) is 11.1 Å². The molecule has 0 aliphatic rings. The normalized spacial score (nSPS) is 10.3. The highest BCUT2D eigenvalue weighted by molar-refractivity contribution is 5.96. The lowest BCUT2D eigenvalue weighted by Crippen LogP contribution is -2.16. The molecule has 3 rings (SSSR count). The van der Waals surface area contributed by atoms with Crippen molar-refractivity contribution in [3.8, 4) is 17.0 Å². The summed E-state index contributed by atoms with van der Waals surface area (Å²) in [4.78, 5) is 15.7. The highest BCUT2D eigenvalue weighted by Gasteiger charge is 2.13. The zero-order chi connectivity index (χ0) is 16.9. The molecule has 0 bridgehead atoms. The topological polar surface area (TPSA) is 91.2 Å². The largest absolute Gasteiger partial charge is 0.488 e. The minimum Gasteiger partial charge on any atom is -0.488 e. The van der Waals surface area contributed by atoms with E-state index < -0.39 is 5.91 Å². The molecule has 3 aromatic rings. The third-order valence-electron chi connectivity index (χ3n) is 3.56. The lowest BCUT2D eigenvalue weighted by atomic mass is 10.1. The zero-order valence-corrected chi connectivity index (χ0v) is 13.0. The fraction of sp³-hybridized carbons (Fsp3) is 0.0526. The first-order valence-corrected chi connectivity index (χ1v) is 7.47. The van der Waals surface area contributed by atoms with Crippen molar-refractivity contribution in [3.63, 3.8) is 0 Å². The van der Waals surface area contributed by atoms with E-state index in [1.807, 2.05) is 54.6 Å². The molecule has 0 aliphatic carbocycles. The van der Waals surface area contributed by atoms with E-state index in [4.69, 9.17) is 16.2 Å². The summed E-state index contributed by atoms with van der Waals surface area (Å²) in [6.45, 7) is 0.440. The number of ether oxygens (including phenoxy) is 1. The molecule has 4 N–H and O–H groups in total. The summed E-state index contributed by atoms with van der Waals surface area (Å²) in [5.74, 6) is 0.0195. The van der Waals surface area contributed by atoms with Crippen molar-refractivity contribution in [2.45, 2.75) is 6.61 Å². The quantitative estimate of drug-likeness (QED) is 0.756. The second kappa shape index (κ2) is 6.83. The molecule has 0 fully saturated rings. The molecule has 5 nitrogen and oxygen atoms in total. The number of benzene rings is 2. The summed E-state index contributed by atoms with van der Waals surface area (Å²) < 4.78 is 5.92. The number of nitrogen functional groups attached to an aromatic ring is 1. The maximum absolute atomic E-state index is 11.4. The maximum atomic E-state index is 11.4. The van der Waals surface area contributed by atoms with Gasteiger partial charge in [0.05, 0.1) is 11.4 Å². The van der Waals surface area contributed by atoms with Gasteiger partial charge in [-0.05, 0) is 29.8 Å². The smallest absolute Gasteiger partial charge is 0.269 e. The number of pyridine rings is 1.